The largest absolute Gasteiger partial charge is 0.506 e. The van der Waals surface area contributed by atoms with E-state index in [-0.39, 0.29) is 12.4 Å². The number of aliphatic hydroxyl groups excluding tert-OH is 1. The maximum Gasteiger partial charge on any atom is 0.139 e. The maximum atomic E-state index is 9.69. The molecule has 0 unspecified atom stereocenters. The van der Waals surface area contributed by atoms with Crippen molar-refractivity contribution in [1.82, 2.24) is 4.57 Å². The van der Waals surface area contributed by atoms with Crippen LogP contribution in [0.25, 0.3) is 10.9 Å². The van der Waals surface area contributed by atoms with Gasteiger partial charge in [0.15, 0.2) is 0 Å². The van der Waals surface area contributed by atoms with Gasteiger partial charge in [0.2, 0.25) is 0 Å². The minimum Gasteiger partial charge on any atom is -0.506 e. The van der Waals surface area contributed by atoms with Gasteiger partial charge in [0.1, 0.15) is 5.75 Å². The van der Waals surface area contributed by atoms with E-state index >= 15 is 0 Å². The molecule has 14 heavy (non-hydrogen) atoms. The first-order valence-corrected chi connectivity index (χ1v) is 4.69. The smallest absolute Gasteiger partial charge is 0.139 e. The molecule has 1 aromatic heterocycles. The van der Waals surface area contributed by atoms with E-state index in [1.165, 1.54) is 0 Å². The molecule has 0 bridgehead atoms. The molecule has 0 saturated carbocycles. The highest BCUT2D eigenvalue weighted by Crippen LogP contribution is 2.27. The standard InChI is InChI=1S/C11H13NO2/c1-2-12-9(7-13)6-8-4-3-5-10(14)11(8)12/h3-6,13-14H,2,7H2,1H3. The van der Waals surface area contributed by atoms with Crippen LogP contribution in [0.5, 0.6) is 5.75 Å². The van der Waals surface area contributed by atoms with Crippen molar-refractivity contribution in [3.05, 3.63) is 30.0 Å². The zero-order chi connectivity index (χ0) is 10.1. The van der Waals surface area contributed by atoms with Crippen LogP contribution in [-0.2, 0) is 13.2 Å². The highest BCUT2D eigenvalue weighted by atomic mass is 16.3. The average Bonchev–Trinajstić information content (AvgIpc) is 2.56. The molecular weight excluding hydrogens is 178 g/mol. The van der Waals surface area contributed by atoms with Crippen molar-refractivity contribution in [2.75, 3.05) is 0 Å². The van der Waals surface area contributed by atoms with Crippen LogP contribution in [0.2, 0.25) is 0 Å². The average molecular weight is 191 g/mol. The van der Waals surface area contributed by atoms with Gasteiger partial charge in [-0.15, -0.1) is 0 Å². The molecule has 1 aromatic carbocycles. The predicted molar refractivity (Wildman–Crippen MR) is 55.2 cm³/mol. The number of nitrogens with zero attached hydrogens (tertiary/aromatic N) is 1. The normalized spacial score (nSPS) is 11.0. The lowest BCUT2D eigenvalue weighted by molar-refractivity contribution is 0.271. The summed E-state index contributed by atoms with van der Waals surface area (Å²) in [7, 11) is 0. The van der Waals surface area contributed by atoms with Gasteiger partial charge in [0, 0.05) is 17.6 Å². The molecule has 0 aliphatic carbocycles. The molecule has 2 N–H and O–H groups in total. The Morgan fingerprint density at radius 1 is 1.36 bits per heavy atom. The van der Waals surface area contributed by atoms with Crippen LogP contribution in [0.1, 0.15) is 12.6 Å². The molecule has 0 aliphatic rings. The van der Waals surface area contributed by atoms with E-state index in [4.69, 9.17) is 5.11 Å². The molecule has 3 heteroatoms. The highest BCUT2D eigenvalue weighted by Gasteiger charge is 2.09. The second kappa shape index (κ2) is 3.35. The van der Waals surface area contributed by atoms with Crippen LogP contribution in [0, 0.1) is 0 Å². The van der Waals surface area contributed by atoms with Crippen LogP contribution >= 0.6 is 0 Å². The van der Waals surface area contributed by atoms with E-state index in [2.05, 4.69) is 0 Å². The Labute approximate surface area is 82.2 Å². The SMILES string of the molecule is CCn1c(CO)cc2cccc(O)c21. The number of hydrogen-bond acceptors (Lipinski definition) is 2. The summed E-state index contributed by atoms with van der Waals surface area (Å²) in [6, 6.07) is 7.30. The molecule has 0 spiro atoms. The number of phenols is 1. The molecular formula is C11H13NO2. The summed E-state index contributed by atoms with van der Waals surface area (Å²) in [4.78, 5) is 0. The molecule has 74 valence electrons. The van der Waals surface area contributed by atoms with E-state index in [0.717, 1.165) is 23.1 Å². The quantitative estimate of drug-likeness (QED) is 0.761. The molecule has 0 fully saturated rings. The predicted octanol–water partition coefficient (Wildman–Crippen LogP) is 1.86. The summed E-state index contributed by atoms with van der Waals surface area (Å²) in [5.74, 6) is 0.268. The maximum absolute atomic E-state index is 9.69. The van der Waals surface area contributed by atoms with Gasteiger partial charge in [-0.2, -0.15) is 0 Å². The molecule has 0 atom stereocenters. The Kier molecular flexibility index (Phi) is 2.17. The number of rotatable bonds is 2. The van der Waals surface area contributed by atoms with Gasteiger partial charge in [-0.05, 0) is 19.1 Å². The third-order valence-electron chi connectivity index (χ3n) is 2.46. The van der Waals surface area contributed by atoms with E-state index in [1.54, 1.807) is 12.1 Å². The first-order chi connectivity index (χ1) is 6.77. The number of fused-ring (bicyclic) bond motifs is 1. The first kappa shape index (κ1) is 9.09. The molecule has 3 nitrogen and oxygen atoms in total. The molecule has 2 aromatic rings. The fourth-order valence-corrected chi connectivity index (χ4v) is 1.85. The third kappa shape index (κ3) is 1.17. The van der Waals surface area contributed by atoms with Crippen molar-refractivity contribution < 1.29 is 10.2 Å². The Morgan fingerprint density at radius 2 is 2.14 bits per heavy atom. The van der Waals surface area contributed by atoms with Crippen LogP contribution < -0.4 is 0 Å². The number of aliphatic hydroxyl groups is 1. The lowest BCUT2D eigenvalue weighted by atomic mass is 10.2. The van der Waals surface area contributed by atoms with Crippen LogP contribution in [-0.4, -0.2) is 14.8 Å². The number of aryl methyl sites for hydroxylation is 1. The van der Waals surface area contributed by atoms with E-state index < -0.39 is 0 Å². The van der Waals surface area contributed by atoms with Gasteiger partial charge in [-0.25, -0.2) is 0 Å². The summed E-state index contributed by atoms with van der Waals surface area (Å²) in [5.41, 5.74) is 1.64. The minimum atomic E-state index is 0.00194. The van der Waals surface area contributed by atoms with Crippen molar-refractivity contribution in [3.8, 4) is 5.75 Å². The molecule has 1 heterocycles. The lowest BCUT2D eigenvalue weighted by Crippen LogP contribution is -1.99. The zero-order valence-electron chi connectivity index (χ0n) is 8.07. The Balaban J connectivity index is 2.81. The van der Waals surface area contributed by atoms with Crippen molar-refractivity contribution in [2.24, 2.45) is 0 Å². The second-order valence-electron chi connectivity index (χ2n) is 3.25. The molecule has 0 saturated heterocycles. The van der Waals surface area contributed by atoms with Crippen LogP contribution in [0.15, 0.2) is 24.3 Å². The number of aromatic hydroxyl groups is 1. The van der Waals surface area contributed by atoms with Crippen molar-refractivity contribution in [1.29, 1.82) is 0 Å². The highest BCUT2D eigenvalue weighted by molar-refractivity contribution is 5.86. The number of phenolic OH excluding ortho intramolecular Hbond substituents is 1. The lowest BCUT2D eigenvalue weighted by Gasteiger charge is -2.06. The molecule has 0 aliphatic heterocycles. The van der Waals surface area contributed by atoms with E-state index in [1.807, 2.05) is 23.6 Å². The molecule has 0 radical (unpaired) electrons. The number of para-hydroxylation sites is 1. The second-order valence-corrected chi connectivity index (χ2v) is 3.25. The third-order valence-corrected chi connectivity index (χ3v) is 2.46. The van der Waals surface area contributed by atoms with Gasteiger partial charge in [-0.1, -0.05) is 12.1 Å². The summed E-state index contributed by atoms with van der Waals surface area (Å²) in [5, 5.41) is 19.8. The van der Waals surface area contributed by atoms with Crippen molar-refractivity contribution in [2.45, 2.75) is 20.1 Å². The zero-order valence-corrected chi connectivity index (χ0v) is 8.07. The fourth-order valence-electron chi connectivity index (χ4n) is 1.85. The number of benzene rings is 1. The van der Waals surface area contributed by atoms with Crippen molar-refractivity contribution in [3.63, 3.8) is 0 Å². The topological polar surface area (TPSA) is 45.4 Å². The van der Waals surface area contributed by atoms with Crippen LogP contribution in [0.4, 0.5) is 0 Å². The Bertz CT molecular complexity index is 460. The van der Waals surface area contributed by atoms with E-state index in [0.29, 0.717) is 0 Å². The van der Waals surface area contributed by atoms with Crippen molar-refractivity contribution >= 4 is 10.9 Å². The van der Waals surface area contributed by atoms with E-state index in [9.17, 15) is 5.11 Å². The first-order valence-electron chi connectivity index (χ1n) is 4.69. The van der Waals surface area contributed by atoms with Gasteiger partial charge in [0.25, 0.3) is 0 Å². The summed E-state index contributed by atoms with van der Waals surface area (Å²) in [6.07, 6.45) is 0. The summed E-state index contributed by atoms with van der Waals surface area (Å²) >= 11 is 0. The summed E-state index contributed by atoms with van der Waals surface area (Å²) < 4.78 is 1.92. The molecule has 2 rings (SSSR count). The minimum absolute atomic E-state index is 0.00194. The van der Waals surface area contributed by atoms with Gasteiger partial charge in [0.05, 0.1) is 12.1 Å². The molecule has 0 amide bonds. The Hall–Kier alpha value is -1.48. The van der Waals surface area contributed by atoms with Gasteiger partial charge >= 0.3 is 0 Å². The van der Waals surface area contributed by atoms with Crippen LogP contribution in [0.3, 0.4) is 0 Å². The summed E-state index contributed by atoms with van der Waals surface area (Å²) in [6.45, 7) is 2.74. The Morgan fingerprint density at radius 3 is 2.79 bits per heavy atom. The van der Waals surface area contributed by atoms with Gasteiger partial charge < -0.3 is 14.8 Å². The number of aromatic nitrogens is 1. The number of hydrogen-bond donors (Lipinski definition) is 2. The monoisotopic (exact) mass is 191 g/mol. The fraction of sp³-hybridized carbons (Fsp3) is 0.273. The van der Waals surface area contributed by atoms with Gasteiger partial charge in [-0.3, -0.25) is 0 Å².